The van der Waals surface area contributed by atoms with Crippen molar-refractivity contribution < 1.29 is 46.2 Å². The first-order valence-electron chi connectivity index (χ1n) is 14.9. The molecule has 16 heteroatoms. The normalized spacial score (nSPS) is 33.2. The van der Waals surface area contributed by atoms with Gasteiger partial charge in [-0.1, -0.05) is 0 Å². The molecule has 4 fully saturated rings. The Morgan fingerprint density at radius 3 is 2.59 bits per heavy atom. The van der Waals surface area contributed by atoms with Crippen molar-refractivity contribution in [3.05, 3.63) is 18.3 Å². The molecule has 2 saturated heterocycles. The number of nitrogens with zero attached hydrogens (tertiary/aromatic N) is 4. The summed E-state index contributed by atoms with van der Waals surface area (Å²) >= 11 is 0. The predicted octanol–water partition coefficient (Wildman–Crippen LogP) is 2.06. The molecule has 2 N–H and O–H groups in total. The predicted molar refractivity (Wildman–Crippen MR) is 151 cm³/mol. The molecular formula is C30H36F4N6O6. The summed E-state index contributed by atoms with van der Waals surface area (Å²) in [7, 11) is 3.25. The average Bonchev–Trinajstić information content (AvgIpc) is 3.75. The van der Waals surface area contributed by atoms with E-state index in [9.17, 15) is 37.6 Å². The first kappa shape index (κ1) is 33.4. The minimum Gasteiger partial charge on any atom is -0.472 e. The summed E-state index contributed by atoms with van der Waals surface area (Å²) in [5, 5.41) is 14.7. The topological polar surface area (TPSA) is 154 Å². The molecule has 0 radical (unpaired) electrons. The van der Waals surface area contributed by atoms with Gasteiger partial charge in [0.2, 0.25) is 23.8 Å². The Morgan fingerprint density at radius 1 is 1.26 bits per heavy atom. The van der Waals surface area contributed by atoms with Gasteiger partial charge in [-0.2, -0.15) is 18.4 Å². The minimum absolute atomic E-state index is 0.00668. The molecule has 1 spiro atoms. The van der Waals surface area contributed by atoms with E-state index < -0.39 is 71.0 Å². The van der Waals surface area contributed by atoms with Crippen LogP contribution in [0, 0.1) is 40.4 Å². The lowest BCUT2D eigenvalue weighted by atomic mass is 9.77. The number of likely N-dealkylation sites (tertiary alicyclic amines) is 2. The second-order valence-corrected chi connectivity index (χ2v) is 13.1. The number of alkyl halides is 4. The molecule has 3 aliphatic heterocycles. The molecule has 9 unspecified atom stereocenters. The molecule has 2 saturated carbocycles. The first-order chi connectivity index (χ1) is 21.6. The van der Waals surface area contributed by atoms with Crippen LogP contribution in [-0.4, -0.2) is 102 Å². The summed E-state index contributed by atoms with van der Waals surface area (Å²) < 4.78 is 67.6. The van der Waals surface area contributed by atoms with E-state index >= 15 is 4.39 Å². The highest BCUT2D eigenvalue weighted by atomic mass is 19.4. The molecular weight excluding hydrogens is 616 g/mol. The molecule has 9 atom stereocenters. The standard InChI is InChI=1S/C28H30F4N6O5.C2H6O/c1-26(2,28(30,31)32)21(35-12-39)24(41)37-10-16-13-6-15(17(29)7-13)19(16)20(37)23(40)38-11-27(8-14(38)9-33)25(42)36-22-18(43-27)4-3-5-34-22;1-3-2/h3-5,12-17,19-21H,6-8,10-11H2,1-2H3,(H,35,39)(H,34,36,42);1-2H3. The summed E-state index contributed by atoms with van der Waals surface area (Å²) in [6.07, 6.45) is -4.19. The monoisotopic (exact) mass is 652 g/mol. The summed E-state index contributed by atoms with van der Waals surface area (Å²) in [5.41, 5.74) is -4.36. The molecule has 5 aliphatic rings. The largest absolute Gasteiger partial charge is 0.472 e. The number of amides is 4. The molecule has 4 heterocycles. The van der Waals surface area contributed by atoms with E-state index in [4.69, 9.17) is 4.74 Å². The molecule has 250 valence electrons. The maximum atomic E-state index is 15.1. The van der Waals surface area contributed by atoms with Crippen LogP contribution >= 0.6 is 0 Å². The Kier molecular flexibility index (Phi) is 8.69. The van der Waals surface area contributed by atoms with Crippen LogP contribution in [0.5, 0.6) is 5.75 Å². The molecule has 1 aromatic heterocycles. The van der Waals surface area contributed by atoms with Gasteiger partial charge >= 0.3 is 6.18 Å². The van der Waals surface area contributed by atoms with Crippen molar-refractivity contribution in [3.63, 3.8) is 0 Å². The minimum atomic E-state index is -4.90. The van der Waals surface area contributed by atoms with Crippen molar-refractivity contribution in [2.45, 2.75) is 69.2 Å². The van der Waals surface area contributed by atoms with Crippen molar-refractivity contribution in [1.29, 1.82) is 5.26 Å². The number of ether oxygens (including phenoxy) is 2. The van der Waals surface area contributed by atoms with Crippen LogP contribution in [0.1, 0.15) is 33.1 Å². The number of hydrogen-bond donors (Lipinski definition) is 2. The number of hydrogen-bond acceptors (Lipinski definition) is 8. The van der Waals surface area contributed by atoms with Gasteiger partial charge in [0.1, 0.15) is 24.3 Å². The molecule has 46 heavy (non-hydrogen) atoms. The number of nitriles is 1. The van der Waals surface area contributed by atoms with E-state index in [1.165, 1.54) is 6.20 Å². The summed E-state index contributed by atoms with van der Waals surface area (Å²) in [6, 6.07) is 0.530. The van der Waals surface area contributed by atoms with Crippen LogP contribution in [0.3, 0.4) is 0 Å². The van der Waals surface area contributed by atoms with Crippen LogP contribution < -0.4 is 15.4 Å². The van der Waals surface area contributed by atoms with Gasteiger partial charge in [-0.3, -0.25) is 19.2 Å². The van der Waals surface area contributed by atoms with Crippen LogP contribution in [0.15, 0.2) is 18.3 Å². The number of nitrogens with one attached hydrogen (secondary N) is 2. The van der Waals surface area contributed by atoms with E-state index in [0.29, 0.717) is 6.42 Å². The van der Waals surface area contributed by atoms with E-state index in [-0.39, 0.29) is 55.7 Å². The summed E-state index contributed by atoms with van der Waals surface area (Å²) in [4.78, 5) is 59.1. The maximum Gasteiger partial charge on any atom is 0.396 e. The fourth-order valence-electron chi connectivity index (χ4n) is 7.91. The second-order valence-electron chi connectivity index (χ2n) is 13.1. The Morgan fingerprint density at radius 2 is 1.96 bits per heavy atom. The van der Waals surface area contributed by atoms with Gasteiger partial charge in [0, 0.05) is 33.4 Å². The van der Waals surface area contributed by atoms with E-state index in [2.05, 4.69) is 15.0 Å². The number of carbonyl (C=O) groups is 4. The molecule has 2 bridgehead atoms. The quantitative estimate of drug-likeness (QED) is 0.362. The van der Waals surface area contributed by atoms with Crippen molar-refractivity contribution in [2.24, 2.45) is 29.1 Å². The summed E-state index contributed by atoms with van der Waals surface area (Å²) in [5.74, 6) is -3.92. The zero-order chi connectivity index (χ0) is 33.8. The van der Waals surface area contributed by atoms with Gasteiger partial charge in [-0.15, -0.1) is 0 Å². The van der Waals surface area contributed by atoms with Crippen LogP contribution in [0.4, 0.5) is 23.4 Å². The van der Waals surface area contributed by atoms with Gasteiger partial charge in [0.25, 0.3) is 5.91 Å². The van der Waals surface area contributed by atoms with Crippen molar-refractivity contribution in [3.8, 4) is 11.8 Å². The van der Waals surface area contributed by atoms with Crippen LogP contribution in [0.25, 0.3) is 0 Å². The van der Waals surface area contributed by atoms with Crippen molar-refractivity contribution in [2.75, 3.05) is 32.6 Å². The SMILES string of the molecule is CC(C)(C(NC=O)C(=O)N1CC2C3CC(F)C(C3)C2C1C(=O)N1CC2(CC1C#N)Oc1cccnc1NC2=O)C(F)(F)F.COC. The highest BCUT2D eigenvalue weighted by Crippen LogP contribution is 2.59. The number of methoxy groups -OCH3 is 1. The van der Waals surface area contributed by atoms with Crippen LogP contribution in [0.2, 0.25) is 0 Å². The summed E-state index contributed by atoms with van der Waals surface area (Å²) in [6.45, 7) is 1.09. The fraction of sp³-hybridized carbons (Fsp3) is 0.667. The van der Waals surface area contributed by atoms with Gasteiger partial charge < -0.3 is 29.9 Å². The average molecular weight is 653 g/mol. The number of carbonyl (C=O) groups excluding carboxylic acids is 4. The molecule has 4 amide bonds. The lowest BCUT2D eigenvalue weighted by molar-refractivity contribution is -0.222. The Balaban J connectivity index is 0.00000134. The first-order valence-corrected chi connectivity index (χ1v) is 14.9. The van der Waals surface area contributed by atoms with Gasteiger partial charge in [0.15, 0.2) is 11.6 Å². The van der Waals surface area contributed by atoms with E-state index in [0.717, 1.165) is 23.6 Å². The van der Waals surface area contributed by atoms with Crippen molar-refractivity contribution >= 4 is 29.9 Å². The lowest BCUT2D eigenvalue weighted by Gasteiger charge is -2.40. The number of fused-ring (bicyclic) bond motifs is 6. The number of halogens is 4. The van der Waals surface area contributed by atoms with Crippen LogP contribution in [-0.2, 0) is 23.9 Å². The Hall–Kier alpha value is -4.00. The number of anilines is 1. The zero-order valence-electron chi connectivity index (χ0n) is 25.7. The third kappa shape index (κ3) is 5.22. The maximum absolute atomic E-state index is 15.1. The molecule has 0 aromatic carbocycles. The Labute approximate surface area is 262 Å². The molecule has 1 aromatic rings. The highest BCUT2D eigenvalue weighted by molar-refractivity contribution is 6.01. The van der Waals surface area contributed by atoms with Crippen molar-refractivity contribution in [1.82, 2.24) is 20.1 Å². The van der Waals surface area contributed by atoms with Gasteiger partial charge in [-0.05, 0) is 62.5 Å². The third-order valence-corrected chi connectivity index (χ3v) is 10.2. The number of rotatable bonds is 5. The fourth-order valence-corrected chi connectivity index (χ4v) is 7.91. The second kappa shape index (κ2) is 12.0. The number of aromatic nitrogens is 1. The smallest absolute Gasteiger partial charge is 0.396 e. The Bertz CT molecular complexity index is 1440. The van der Waals surface area contributed by atoms with E-state index in [1.807, 2.05) is 11.4 Å². The molecule has 6 rings (SSSR count). The number of pyridine rings is 1. The van der Waals surface area contributed by atoms with E-state index in [1.54, 1.807) is 26.4 Å². The lowest BCUT2D eigenvalue weighted by Crippen LogP contribution is -2.62. The molecule has 12 nitrogen and oxygen atoms in total. The highest BCUT2D eigenvalue weighted by Gasteiger charge is 2.66. The van der Waals surface area contributed by atoms with Gasteiger partial charge in [0.05, 0.1) is 18.0 Å². The zero-order valence-corrected chi connectivity index (χ0v) is 25.7. The molecule has 2 aliphatic carbocycles. The van der Waals surface area contributed by atoms with Gasteiger partial charge in [-0.25, -0.2) is 9.37 Å². The third-order valence-electron chi connectivity index (χ3n) is 10.2.